The summed E-state index contributed by atoms with van der Waals surface area (Å²) in [7, 11) is 0. The molecule has 2 heterocycles. The maximum absolute atomic E-state index is 13.6. The van der Waals surface area contributed by atoms with E-state index >= 15 is 0 Å². The molecule has 0 bridgehead atoms. The van der Waals surface area contributed by atoms with Crippen molar-refractivity contribution in [2.45, 2.75) is 24.3 Å². The van der Waals surface area contributed by atoms with E-state index in [1.165, 1.54) is 27.8 Å². The Hall–Kier alpha value is -3.02. The van der Waals surface area contributed by atoms with Crippen LogP contribution in [0.2, 0.25) is 5.02 Å². The van der Waals surface area contributed by atoms with Crippen molar-refractivity contribution in [1.29, 1.82) is 0 Å². The third kappa shape index (κ3) is 4.56. The lowest BCUT2D eigenvalue weighted by molar-refractivity contribution is -0.137. The SMILES string of the molecule is O=C1C(Sc2ccc(Cl)cc2)=C(N2CCc3ccccc3C2)C(=O)N1CCc1ccccc1. The number of nitrogens with zero attached hydrogens (tertiary/aromatic N) is 2. The Kier molecular flexibility index (Phi) is 6.25. The summed E-state index contributed by atoms with van der Waals surface area (Å²) in [6.07, 6.45) is 1.48. The minimum atomic E-state index is -0.218. The first kappa shape index (κ1) is 21.8. The molecule has 0 aromatic heterocycles. The predicted molar refractivity (Wildman–Crippen MR) is 132 cm³/mol. The fourth-order valence-electron chi connectivity index (χ4n) is 4.31. The minimum Gasteiger partial charge on any atom is -0.361 e. The molecule has 2 amide bonds. The van der Waals surface area contributed by atoms with Gasteiger partial charge >= 0.3 is 0 Å². The molecule has 5 rings (SSSR count). The van der Waals surface area contributed by atoms with Crippen LogP contribution in [0.4, 0.5) is 0 Å². The zero-order valence-corrected chi connectivity index (χ0v) is 19.6. The quantitative estimate of drug-likeness (QED) is 0.454. The number of carbonyl (C=O) groups excluding carboxylic acids is 2. The molecule has 0 spiro atoms. The molecular weight excluding hydrogens is 452 g/mol. The molecular formula is C27H23ClN2O2S. The highest BCUT2D eigenvalue weighted by molar-refractivity contribution is 8.04. The second-order valence-corrected chi connectivity index (χ2v) is 9.69. The summed E-state index contributed by atoms with van der Waals surface area (Å²) < 4.78 is 0. The van der Waals surface area contributed by atoms with Crippen molar-refractivity contribution in [3.8, 4) is 0 Å². The highest BCUT2D eigenvalue weighted by atomic mass is 35.5. The second kappa shape index (κ2) is 9.46. The lowest BCUT2D eigenvalue weighted by Gasteiger charge is -2.31. The van der Waals surface area contributed by atoms with Gasteiger partial charge in [-0.05, 0) is 53.8 Å². The summed E-state index contributed by atoms with van der Waals surface area (Å²) in [5, 5.41) is 0.638. The normalized spacial score (nSPS) is 15.9. The van der Waals surface area contributed by atoms with Gasteiger partial charge in [0.1, 0.15) is 10.6 Å². The van der Waals surface area contributed by atoms with Gasteiger partial charge in [0.2, 0.25) is 0 Å². The summed E-state index contributed by atoms with van der Waals surface area (Å²) in [6, 6.07) is 25.6. The number of hydrogen-bond donors (Lipinski definition) is 0. The molecule has 3 aromatic rings. The summed E-state index contributed by atoms with van der Waals surface area (Å²) in [5.41, 5.74) is 4.13. The Labute approximate surface area is 202 Å². The molecule has 33 heavy (non-hydrogen) atoms. The Morgan fingerprint density at radius 3 is 2.27 bits per heavy atom. The van der Waals surface area contributed by atoms with Crippen LogP contribution in [0.5, 0.6) is 0 Å². The Balaban J connectivity index is 1.45. The minimum absolute atomic E-state index is 0.202. The molecule has 0 N–H and O–H groups in total. The van der Waals surface area contributed by atoms with Crippen LogP contribution in [0.25, 0.3) is 0 Å². The molecule has 2 aliphatic heterocycles. The molecule has 0 atom stereocenters. The molecule has 0 saturated carbocycles. The van der Waals surface area contributed by atoms with Crippen molar-refractivity contribution in [2.75, 3.05) is 13.1 Å². The highest BCUT2D eigenvalue weighted by Gasteiger charge is 2.41. The van der Waals surface area contributed by atoms with Crippen molar-refractivity contribution in [1.82, 2.24) is 9.80 Å². The molecule has 0 unspecified atom stereocenters. The van der Waals surface area contributed by atoms with Crippen LogP contribution in [0, 0.1) is 0 Å². The van der Waals surface area contributed by atoms with Crippen molar-refractivity contribution < 1.29 is 9.59 Å². The fraction of sp³-hybridized carbons (Fsp3) is 0.185. The molecule has 0 saturated heterocycles. The average Bonchev–Trinajstić information content (AvgIpc) is 3.08. The standard InChI is InChI=1S/C27H23ClN2O2S/c28-22-10-12-23(13-11-22)33-25-24(29-16-15-20-8-4-5-9-21(20)18-29)26(31)30(27(25)32)17-14-19-6-2-1-3-7-19/h1-13H,14-18H2. The van der Waals surface area contributed by atoms with E-state index in [4.69, 9.17) is 11.6 Å². The van der Waals surface area contributed by atoms with Gasteiger partial charge in [0.15, 0.2) is 0 Å². The van der Waals surface area contributed by atoms with Crippen LogP contribution in [0.15, 0.2) is 94.4 Å². The highest BCUT2D eigenvalue weighted by Crippen LogP contribution is 2.38. The Morgan fingerprint density at radius 2 is 1.52 bits per heavy atom. The van der Waals surface area contributed by atoms with Crippen LogP contribution in [-0.2, 0) is 29.0 Å². The van der Waals surface area contributed by atoms with Gasteiger partial charge in [-0.3, -0.25) is 14.5 Å². The van der Waals surface area contributed by atoms with Crippen LogP contribution in [0.3, 0.4) is 0 Å². The monoisotopic (exact) mass is 474 g/mol. The number of rotatable bonds is 6. The number of fused-ring (bicyclic) bond motifs is 1. The van der Waals surface area contributed by atoms with E-state index in [1.807, 2.05) is 54.6 Å². The number of thioether (sulfide) groups is 1. The second-order valence-electron chi connectivity index (χ2n) is 8.17. The van der Waals surface area contributed by atoms with E-state index in [0.29, 0.717) is 41.7 Å². The zero-order valence-electron chi connectivity index (χ0n) is 18.0. The maximum Gasteiger partial charge on any atom is 0.278 e. The maximum atomic E-state index is 13.6. The van der Waals surface area contributed by atoms with E-state index in [1.54, 1.807) is 12.1 Å². The predicted octanol–water partition coefficient (Wildman–Crippen LogP) is 5.31. The van der Waals surface area contributed by atoms with Gasteiger partial charge in [0, 0.05) is 29.6 Å². The molecule has 2 aliphatic rings. The largest absolute Gasteiger partial charge is 0.361 e. The first-order chi connectivity index (χ1) is 16.1. The molecule has 6 heteroatoms. The van der Waals surface area contributed by atoms with E-state index in [-0.39, 0.29) is 11.8 Å². The van der Waals surface area contributed by atoms with Gasteiger partial charge in [0.25, 0.3) is 11.8 Å². The van der Waals surface area contributed by atoms with E-state index < -0.39 is 0 Å². The number of imide groups is 1. The van der Waals surface area contributed by atoms with Crippen LogP contribution >= 0.6 is 23.4 Å². The van der Waals surface area contributed by atoms with Crippen LogP contribution in [0.1, 0.15) is 16.7 Å². The van der Waals surface area contributed by atoms with Gasteiger partial charge < -0.3 is 4.90 Å². The van der Waals surface area contributed by atoms with Crippen molar-refractivity contribution in [3.05, 3.63) is 111 Å². The smallest absolute Gasteiger partial charge is 0.278 e. The summed E-state index contributed by atoms with van der Waals surface area (Å²) >= 11 is 7.39. The lowest BCUT2D eigenvalue weighted by atomic mass is 9.99. The summed E-state index contributed by atoms with van der Waals surface area (Å²) in [4.78, 5) is 31.9. The molecule has 3 aromatic carbocycles. The molecule has 0 aliphatic carbocycles. The topological polar surface area (TPSA) is 40.6 Å². The van der Waals surface area contributed by atoms with Gasteiger partial charge in [-0.2, -0.15) is 0 Å². The lowest BCUT2D eigenvalue weighted by Crippen LogP contribution is -2.38. The van der Waals surface area contributed by atoms with Crippen molar-refractivity contribution in [3.63, 3.8) is 0 Å². The number of carbonyl (C=O) groups is 2. The van der Waals surface area contributed by atoms with Crippen molar-refractivity contribution >= 4 is 35.2 Å². The molecule has 0 fully saturated rings. The molecule has 4 nitrogen and oxygen atoms in total. The number of benzene rings is 3. The van der Waals surface area contributed by atoms with Gasteiger partial charge in [0.05, 0.1) is 0 Å². The Bertz CT molecular complexity index is 1220. The molecule has 0 radical (unpaired) electrons. The van der Waals surface area contributed by atoms with Crippen molar-refractivity contribution in [2.24, 2.45) is 0 Å². The van der Waals surface area contributed by atoms with Gasteiger partial charge in [-0.15, -0.1) is 0 Å². The summed E-state index contributed by atoms with van der Waals surface area (Å²) in [5.74, 6) is -0.420. The van der Waals surface area contributed by atoms with Gasteiger partial charge in [-0.1, -0.05) is 78.0 Å². The third-order valence-electron chi connectivity index (χ3n) is 6.05. The van der Waals surface area contributed by atoms with Gasteiger partial charge in [-0.25, -0.2) is 0 Å². The third-order valence-corrected chi connectivity index (χ3v) is 7.38. The Morgan fingerprint density at radius 1 is 0.818 bits per heavy atom. The first-order valence-corrected chi connectivity index (χ1v) is 12.2. The first-order valence-electron chi connectivity index (χ1n) is 11.0. The number of hydrogen-bond acceptors (Lipinski definition) is 4. The zero-order chi connectivity index (χ0) is 22.8. The average molecular weight is 475 g/mol. The van der Waals surface area contributed by atoms with Crippen LogP contribution in [-0.4, -0.2) is 34.7 Å². The van der Waals surface area contributed by atoms with Crippen LogP contribution < -0.4 is 0 Å². The number of amides is 2. The van der Waals surface area contributed by atoms with E-state index in [0.717, 1.165) is 16.9 Å². The number of halogens is 1. The van der Waals surface area contributed by atoms with E-state index in [2.05, 4.69) is 17.0 Å². The van der Waals surface area contributed by atoms with E-state index in [9.17, 15) is 9.59 Å². The fourth-order valence-corrected chi connectivity index (χ4v) is 5.45. The summed E-state index contributed by atoms with van der Waals surface area (Å²) in [6.45, 7) is 1.70. The molecule has 166 valence electrons.